The number of nitrogens with zero attached hydrogens (tertiary/aromatic N) is 4. The van der Waals surface area contributed by atoms with Gasteiger partial charge in [0, 0.05) is 24.0 Å². The Morgan fingerprint density at radius 3 is 2.48 bits per heavy atom. The highest BCUT2D eigenvalue weighted by Crippen LogP contribution is 2.16. The maximum atomic E-state index is 11.8. The smallest absolute Gasteiger partial charge is 0.333 e. The largest absolute Gasteiger partial charge is 0.477 e. The lowest BCUT2D eigenvalue weighted by Crippen LogP contribution is -2.32. The van der Waals surface area contributed by atoms with Gasteiger partial charge in [0.1, 0.15) is 5.69 Å². The molecule has 1 aromatic rings. The van der Waals surface area contributed by atoms with Crippen molar-refractivity contribution in [1.29, 1.82) is 0 Å². The maximum Gasteiger partial charge on any atom is 0.333 e. The van der Waals surface area contributed by atoms with Crippen LogP contribution >= 0.6 is 12.6 Å². The molecule has 1 aliphatic heterocycles. The lowest BCUT2D eigenvalue weighted by Gasteiger charge is -2.15. The zero-order valence-corrected chi connectivity index (χ0v) is 18.5. The standard InChI is InChI=1S/C19H25N5O6S/c1-12(22-23-14(25)9-19(2,3)31)13-10-21-15(11-20-13)29-8-4-5-18(28)30-24-16(26)6-7-17(24)27/h10-11,31H,4-9H2,1-3H3,(H,23,25)/b22-12-. The van der Waals surface area contributed by atoms with Crippen LogP contribution in [0.3, 0.4) is 0 Å². The summed E-state index contributed by atoms with van der Waals surface area (Å²) in [4.78, 5) is 59.3. The second kappa shape index (κ2) is 10.8. The molecule has 11 nitrogen and oxygen atoms in total. The normalized spacial score (nSPS) is 14.6. The van der Waals surface area contributed by atoms with Gasteiger partial charge in [-0.05, 0) is 13.3 Å². The zero-order chi connectivity index (χ0) is 23.0. The number of aromatic nitrogens is 2. The average Bonchev–Trinajstić information content (AvgIpc) is 3.00. The summed E-state index contributed by atoms with van der Waals surface area (Å²) in [6, 6.07) is 0. The summed E-state index contributed by atoms with van der Waals surface area (Å²) in [5, 5.41) is 4.51. The minimum absolute atomic E-state index is 0.0306. The fraction of sp³-hybridized carbons (Fsp3) is 0.526. The molecule has 2 rings (SSSR count). The van der Waals surface area contributed by atoms with Crippen LogP contribution in [0.25, 0.3) is 0 Å². The van der Waals surface area contributed by atoms with Gasteiger partial charge in [-0.2, -0.15) is 17.7 Å². The molecule has 12 heteroatoms. The van der Waals surface area contributed by atoms with E-state index in [0.717, 1.165) is 0 Å². The summed E-state index contributed by atoms with van der Waals surface area (Å²) in [7, 11) is 0. The first-order valence-electron chi connectivity index (χ1n) is 9.62. The molecule has 0 aromatic carbocycles. The second-order valence-electron chi connectivity index (χ2n) is 7.46. The Morgan fingerprint density at radius 2 is 1.90 bits per heavy atom. The van der Waals surface area contributed by atoms with Gasteiger partial charge in [-0.25, -0.2) is 20.2 Å². The van der Waals surface area contributed by atoms with Crippen LogP contribution < -0.4 is 10.2 Å². The summed E-state index contributed by atoms with van der Waals surface area (Å²) in [6.45, 7) is 5.50. The van der Waals surface area contributed by atoms with Crippen LogP contribution in [-0.4, -0.2) is 55.8 Å². The van der Waals surface area contributed by atoms with E-state index in [1.165, 1.54) is 12.4 Å². The Balaban J connectivity index is 1.72. The third-order valence-corrected chi connectivity index (χ3v) is 4.07. The van der Waals surface area contributed by atoms with Crippen molar-refractivity contribution in [2.75, 3.05) is 6.61 Å². The van der Waals surface area contributed by atoms with Crippen molar-refractivity contribution in [3.05, 3.63) is 18.1 Å². The topological polar surface area (TPSA) is 140 Å². The van der Waals surface area contributed by atoms with E-state index >= 15 is 0 Å². The summed E-state index contributed by atoms with van der Waals surface area (Å²) < 4.78 is 4.97. The van der Waals surface area contributed by atoms with Crippen molar-refractivity contribution in [3.63, 3.8) is 0 Å². The van der Waals surface area contributed by atoms with Crippen LogP contribution in [0.2, 0.25) is 0 Å². The lowest BCUT2D eigenvalue weighted by atomic mass is 10.1. The molecule has 0 aliphatic carbocycles. The number of carbonyl (C=O) groups excluding carboxylic acids is 4. The van der Waals surface area contributed by atoms with Gasteiger partial charge in [0.25, 0.3) is 11.8 Å². The number of imide groups is 1. The van der Waals surface area contributed by atoms with Crippen LogP contribution in [0.15, 0.2) is 17.5 Å². The van der Waals surface area contributed by atoms with Crippen molar-refractivity contribution in [2.45, 2.75) is 57.6 Å². The van der Waals surface area contributed by atoms with E-state index < -0.39 is 22.5 Å². The molecule has 0 saturated carbocycles. The van der Waals surface area contributed by atoms with Crippen molar-refractivity contribution in [2.24, 2.45) is 5.10 Å². The number of thiol groups is 1. The Morgan fingerprint density at radius 1 is 1.23 bits per heavy atom. The Bertz CT molecular complexity index is 850. The van der Waals surface area contributed by atoms with Gasteiger partial charge in [0.05, 0.1) is 31.1 Å². The third-order valence-electron chi connectivity index (χ3n) is 3.91. The van der Waals surface area contributed by atoms with Crippen LogP contribution in [0.1, 0.15) is 58.6 Å². The highest BCUT2D eigenvalue weighted by Gasteiger charge is 2.32. The minimum Gasteiger partial charge on any atom is -0.477 e. The highest BCUT2D eigenvalue weighted by molar-refractivity contribution is 7.81. The maximum absolute atomic E-state index is 11.8. The van der Waals surface area contributed by atoms with E-state index in [2.05, 4.69) is 33.1 Å². The quantitative estimate of drug-likeness (QED) is 0.178. The number of nitrogens with one attached hydrogen (secondary N) is 1. The van der Waals surface area contributed by atoms with Crippen LogP contribution in [0, 0.1) is 0 Å². The first-order chi connectivity index (χ1) is 14.5. The number of carbonyl (C=O) groups is 4. The predicted octanol–water partition coefficient (Wildman–Crippen LogP) is 1.18. The molecule has 2 heterocycles. The monoisotopic (exact) mass is 451 g/mol. The van der Waals surface area contributed by atoms with Gasteiger partial charge in [0.2, 0.25) is 11.8 Å². The molecular weight excluding hydrogens is 426 g/mol. The number of amides is 3. The molecule has 1 aliphatic rings. The molecule has 1 saturated heterocycles. The van der Waals surface area contributed by atoms with E-state index in [1.54, 1.807) is 6.92 Å². The van der Waals surface area contributed by atoms with E-state index in [1.807, 2.05) is 13.8 Å². The van der Waals surface area contributed by atoms with Gasteiger partial charge in [-0.1, -0.05) is 13.8 Å². The van der Waals surface area contributed by atoms with Gasteiger partial charge < -0.3 is 9.57 Å². The average molecular weight is 452 g/mol. The molecule has 0 radical (unpaired) electrons. The zero-order valence-electron chi connectivity index (χ0n) is 17.6. The molecule has 0 spiro atoms. The van der Waals surface area contributed by atoms with Gasteiger partial charge >= 0.3 is 5.97 Å². The summed E-state index contributed by atoms with van der Waals surface area (Å²) in [5.41, 5.74) is 3.38. The molecule has 1 aromatic heterocycles. The predicted molar refractivity (Wildman–Crippen MR) is 112 cm³/mol. The van der Waals surface area contributed by atoms with Crippen LogP contribution in [0.4, 0.5) is 0 Å². The van der Waals surface area contributed by atoms with Crippen molar-refractivity contribution >= 4 is 42.0 Å². The first kappa shape index (κ1) is 24.3. The number of hydrogen-bond donors (Lipinski definition) is 2. The summed E-state index contributed by atoms with van der Waals surface area (Å²) in [6.07, 6.45) is 3.42. The number of hydroxylamine groups is 2. The van der Waals surface area contributed by atoms with E-state index in [0.29, 0.717) is 22.9 Å². The number of rotatable bonds is 10. The molecule has 31 heavy (non-hydrogen) atoms. The number of hydrogen-bond acceptors (Lipinski definition) is 10. The minimum atomic E-state index is -0.691. The van der Waals surface area contributed by atoms with Gasteiger partial charge in [-0.3, -0.25) is 14.4 Å². The lowest BCUT2D eigenvalue weighted by molar-refractivity contribution is -0.197. The van der Waals surface area contributed by atoms with E-state index in [-0.39, 0.29) is 44.1 Å². The molecule has 1 N–H and O–H groups in total. The molecular formula is C19H25N5O6S. The highest BCUT2D eigenvalue weighted by atomic mass is 32.1. The molecule has 0 atom stereocenters. The molecule has 1 fully saturated rings. The molecule has 0 bridgehead atoms. The number of ether oxygens (including phenoxy) is 1. The Kier molecular flexibility index (Phi) is 8.48. The number of hydrazone groups is 1. The summed E-state index contributed by atoms with van der Waals surface area (Å²) in [5.74, 6) is -1.74. The fourth-order valence-corrected chi connectivity index (χ4v) is 2.56. The van der Waals surface area contributed by atoms with Crippen molar-refractivity contribution < 1.29 is 28.8 Å². The third kappa shape index (κ3) is 8.32. The molecule has 168 valence electrons. The van der Waals surface area contributed by atoms with Gasteiger partial charge in [-0.15, -0.1) is 5.06 Å². The SMILES string of the molecule is C/C(=N/NC(=O)CC(C)(C)S)c1cnc(OCCCC(=O)ON2C(=O)CCC2=O)cn1. The van der Waals surface area contributed by atoms with Crippen LogP contribution in [0.5, 0.6) is 5.88 Å². The van der Waals surface area contributed by atoms with E-state index in [4.69, 9.17) is 9.57 Å². The summed E-state index contributed by atoms with van der Waals surface area (Å²) >= 11 is 4.30. The molecule has 0 unspecified atom stereocenters. The fourth-order valence-electron chi connectivity index (χ4n) is 2.41. The molecule has 3 amide bonds. The Labute approximate surface area is 184 Å². The first-order valence-corrected chi connectivity index (χ1v) is 10.1. The van der Waals surface area contributed by atoms with E-state index in [9.17, 15) is 19.2 Å². The Hall–Kier alpha value is -3.02. The van der Waals surface area contributed by atoms with Crippen LogP contribution in [-0.2, 0) is 24.0 Å². The van der Waals surface area contributed by atoms with Crippen molar-refractivity contribution in [1.82, 2.24) is 20.5 Å². The second-order valence-corrected chi connectivity index (χ2v) is 8.67. The van der Waals surface area contributed by atoms with Gasteiger partial charge in [0.15, 0.2) is 0 Å². The van der Waals surface area contributed by atoms with Crippen molar-refractivity contribution in [3.8, 4) is 5.88 Å².